The van der Waals surface area contributed by atoms with Gasteiger partial charge in [0.2, 0.25) is 5.91 Å². The number of fused-ring (bicyclic) bond motifs is 1. The molecule has 0 aromatic carbocycles. The van der Waals surface area contributed by atoms with Crippen LogP contribution < -0.4 is 0 Å². The summed E-state index contributed by atoms with van der Waals surface area (Å²) in [7, 11) is 3.89. The molecule has 1 aromatic rings. The van der Waals surface area contributed by atoms with Gasteiger partial charge in [0.05, 0.1) is 25.5 Å². The Morgan fingerprint density at radius 2 is 1.68 bits per heavy atom. The molecule has 0 spiro atoms. The van der Waals surface area contributed by atoms with Gasteiger partial charge in [0.1, 0.15) is 0 Å². The molecule has 2 N–H and O–H groups in total. The fourth-order valence-corrected chi connectivity index (χ4v) is 4.05. The second kappa shape index (κ2) is 13.6. The van der Waals surface area contributed by atoms with Crippen molar-refractivity contribution >= 4 is 17.8 Å². The number of carboxylic acid groups (broad SMARTS) is 2. The monoisotopic (exact) mass is 545 g/mol. The highest BCUT2D eigenvalue weighted by molar-refractivity contribution is 5.78. The second-order valence-electron chi connectivity index (χ2n) is 8.88. The molecule has 2 fully saturated rings. The van der Waals surface area contributed by atoms with Crippen molar-refractivity contribution in [1.29, 1.82) is 0 Å². The summed E-state index contributed by atoms with van der Waals surface area (Å²) in [5.74, 6) is -4.68. The van der Waals surface area contributed by atoms with Crippen LogP contribution in [0, 0.1) is 11.3 Å². The van der Waals surface area contributed by atoms with Gasteiger partial charge in [0.25, 0.3) is 0 Å². The molecule has 1 amide bonds. The maximum atomic E-state index is 12.4. The number of carbonyl (C=O) groups is 3. The molecule has 3 rings (SSSR count). The molecule has 2 atom stereocenters. The van der Waals surface area contributed by atoms with Crippen molar-refractivity contribution in [1.82, 2.24) is 14.8 Å². The Balaban J connectivity index is 0.000000404. The quantitative estimate of drug-likeness (QED) is 0.524. The number of hydrogen-bond acceptors (Lipinski definition) is 6. The van der Waals surface area contributed by atoms with Gasteiger partial charge < -0.3 is 24.7 Å². The predicted molar refractivity (Wildman–Crippen MR) is 116 cm³/mol. The van der Waals surface area contributed by atoms with E-state index < -0.39 is 24.3 Å². The van der Waals surface area contributed by atoms with Crippen molar-refractivity contribution < 1.29 is 55.7 Å². The number of amides is 1. The predicted octanol–water partition coefficient (Wildman–Crippen LogP) is 3.06. The van der Waals surface area contributed by atoms with E-state index in [9.17, 15) is 31.1 Å². The van der Waals surface area contributed by atoms with Crippen LogP contribution in [0.15, 0.2) is 24.4 Å². The highest BCUT2D eigenvalue weighted by Gasteiger charge is 2.50. The standard InChI is InChI=1S/C18H27N3O2.2C2HF3O2/c1-20(2)11-17(22)21-10-15-6-5-8-18(15,13-21)14-23-12-16-7-3-4-9-19-16;2*3-2(4,5)1(6)7/h3-4,7,9,15H,5-6,8,10-14H2,1-2H3;2*(H,6,7)/t15-,18+;;/m1../s1. The molecule has 1 aliphatic carbocycles. The number of aromatic nitrogens is 1. The van der Waals surface area contributed by atoms with Crippen LogP contribution in [0.25, 0.3) is 0 Å². The Kier molecular flexibility index (Phi) is 11.8. The van der Waals surface area contributed by atoms with Crippen molar-refractivity contribution in [2.45, 2.75) is 38.2 Å². The Labute approximate surface area is 209 Å². The largest absolute Gasteiger partial charge is 0.490 e. The molecule has 1 aromatic heterocycles. The molecule has 2 heterocycles. The van der Waals surface area contributed by atoms with Gasteiger partial charge in [-0.25, -0.2) is 9.59 Å². The third kappa shape index (κ3) is 10.9. The number of carbonyl (C=O) groups excluding carboxylic acids is 1. The lowest BCUT2D eigenvalue weighted by molar-refractivity contribution is -0.193. The van der Waals surface area contributed by atoms with Gasteiger partial charge in [0, 0.05) is 24.7 Å². The molecule has 1 saturated carbocycles. The van der Waals surface area contributed by atoms with Gasteiger partial charge in [0.15, 0.2) is 0 Å². The molecule has 0 radical (unpaired) electrons. The topological polar surface area (TPSA) is 120 Å². The van der Waals surface area contributed by atoms with Crippen molar-refractivity contribution in [3.8, 4) is 0 Å². The van der Waals surface area contributed by atoms with Gasteiger partial charge in [-0.05, 0) is 45.0 Å². The molecular weight excluding hydrogens is 516 g/mol. The summed E-state index contributed by atoms with van der Waals surface area (Å²) >= 11 is 0. The first kappa shape index (κ1) is 32.1. The number of pyridine rings is 1. The van der Waals surface area contributed by atoms with Gasteiger partial charge in [-0.1, -0.05) is 12.5 Å². The Hall–Kier alpha value is -2.94. The number of likely N-dealkylation sites (N-methyl/N-ethyl adjacent to an activating group) is 1. The minimum Gasteiger partial charge on any atom is -0.475 e. The normalized spacial score (nSPS) is 20.9. The third-order valence-corrected chi connectivity index (χ3v) is 5.69. The van der Waals surface area contributed by atoms with Gasteiger partial charge in [-0.3, -0.25) is 9.78 Å². The van der Waals surface area contributed by atoms with Crippen LogP contribution in [0.3, 0.4) is 0 Å². The van der Waals surface area contributed by atoms with Crippen molar-refractivity contribution in [3.05, 3.63) is 30.1 Å². The van der Waals surface area contributed by atoms with Crippen LogP contribution in [-0.2, 0) is 25.7 Å². The van der Waals surface area contributed by atoms with Crippen LogP contribution >= 0.6 is 0 Å². The number of aliphatic carboxylic acids is 2. The number of likely N-dealkylation sites (tertiary alicyclic amines) is 1. The highest BCUT2D eigenvalue weighted by Crippen LogP contribution is 2.49. The third-order valence-electron chi connectivity index (χ3n) is 5.69. The summed E-state index contributed by atoms with van der Waals surface area (Å²) in [4.78, 5) is 38.5. The van der Waals surface area contributed by atoms with Crippen LogP contribution in [0.1, 0.15) is 25.0 Å². The first-order chi connectivity index (χ1) is 17.0. The summed E-state index contributed by atoms with van der Waals surface area (Å²) in [5.41, 5.74) is 1.13. The lowest BCUT2D eigenvalue weighted by Gasteiger charge is -2.28. The summed E-state index contributed by atoms with van der Waals surface area (Å²) in [5, 5.41) is 14.2. The molecule has 2 aliphatic rings. The number of hydrogen-bond donors (Lipinski definition) is 2. The number of carboxylic acids is 2. The van der Waals surface area contributed by atoms with E-state index in [4.69, 9.17) is 24.5 Å². The van der Waals surface area contributed by atoms with Crippen molar-refractivity contribution in [3.63, 3.8) is 0 Å². The van der Waals surface area contributed by atoms with Crippen LogP contribution in [0.5, 0.6) is 0 Å². The Morgan fingerprint density at radius 1 is 1.11 bits per heavy atom. The maximum Gasteiger partial charge on any atom is 0.490 e. The fraction of sp³-hybridized carbons (Fsp3) is 0.636. The summed E-state index contributed by atoms with van der Waals surface area (Å²) in [6.07, 6.45) is -4.72. The lowest BCUT2D eigenvalue weighted by atomic mass is 9.81. The molecular formula is C22H29F6N3O6. The molecule has 15 heteroatoms. The van der Waals surface area contributed by atoms with Crippen LogP contribution in [-0.4, -0.2) is 95.5 Å². The summed E-state index contributed by atoms with van der Waals surface area (Å²) < 4.78 is 69.5. The Morgan fingerprint density at radius 3 is 2.14 bits per heavy atom. The van der Waals surface area contributed by atoms with Gasteiger partial charge in [-0.15, -0.1) is 0 Å². The zero-order chi connectivity index (χ0) is 28.4. The Bertz CT molecular complexity index is 873. The zero-order valence-corrected chi connectivity index (χ0v) is 20.2. The van der Waals surface area contributed by atoms with Crippen molar-refractivity contribution in [2.75, 3.05) is 40.3 Å². The van der Waals surface area contributed by atoms with Crippen LogP contribution in [0.4, 0.5) is 26.3 Å². The molecule has 1 saturated heterocycles. The second-order valence-corrected chi connectivity index (χ2v) is 8.88. The molecule has 210 valence electrons. The van der Waals surface area contributed by atoms with E-state index in [1.165, 1.54) is 19.3 Å². The van der Waals surface area contributed by atoms with E-state index in [2.05, 4.69) is 4.98 Å². The molecule has 9 nitrogen and oxygen atoms in total. The average molecular weight is 545 g/mol. The highest BCUT2D eigenvalue weighted by atomic mass is 19.4. The SMILES string of the molecule is CN(C)CC(=O)N1C[C@H]2CCC[C@@]2(COCc2ccccn2)C1.O=C(O)C(F)(F)F.O=C(O)C(F)(F)F. The molecule has 0 bridgehead atoms. The van der Waals surface area contributed by atoms with E-state index >= 15 is 0 Å². The van der Waals surface area contributed by atoms with E-state index in [1.807, 2.05) is 42.1 Å². The van der Waals surface area contributed by atoms with E-state index in [0.29, 0.717) is 19.1 Å². The number of ether oxygens (including phenoxy) is 1. The van der Waals surface area contributed by atoms with E-state index in [-0.39, 0.29) is 11.3 Å². The molecule has 1 aliphatic heterocycles. The fourth-order valence-electron chi connectivity index (χ4n) is 4.05. The number of alkyl halides is 6. The first-order valence-corrected chi connectivity index (χ1v) is 11.0. The van der Waals surface area contributed by atoms with Gasteiger partial charge >= 0.3 is 24.3 Å². The van der Waals surface area contributed by atoms with Crippen molar-refractivity contribution in [2.24, 2.45) is 11.3 Å². The van der Waals surface area contributed by atoms with Gasteiger partial charge in [-0.2, -0.15) is 26.3 Å². The average Bonchev–Trinajstić information content (AvgIpc) is 3.31. The van der Waals surface area contributed by atoms with E-state index in [0.717, 1.165) is 25.4 Å². The number of halogens is 6. The minimum absolute atomic E-state index is 0.163. The number of nitrogens with zero attached hydrogens (tertiary/aromatic N) is 3. The maximum absolute atomic E-state index is 12.4. The summed E-state index contributed by atoms with van der Waals surface area (Å²) in [6, 6.07) is 5.89. The first-order valence-electron chi connectivity index (χ1n) is 11.0. The minimum atomic E-state index is -5.08. The molecule has 37 heavy (non-hydrogen) atoms. The lowest BCUT2D eigenvalue weighted by Crippen LogP contribution is -2.38. The number of rotatable bonds is 6. The smallest absolute Gasteiger partial charge is 0.475 e. The zero-order valence-electron chi connectivity index (χ0n) is 20.2. The van der Waals surface area contributed by atoms with E-state index in [1.54, 1.807) is 6.20 Å². The molecule has 0 unspecified atom stereocenters. The summed E-state index contributed by atoms with van der Waals surface area (Å²) in [6.45, 7) is 3.55. The van der Waals surface area contributed by atoms with Crippen LogP contribution in [0.2, 0.25) is 0 Å².